The lowest BCUT2D eigenvalue weighted by molar-refractivity contribution is 0.254. The van der Waals surface area contributed by atoms with Crippen LogP contribution in [-0.2, 0) is 13.0 Å². The van der Waals surface area contributed by atoms with Crippen LogP contribution in [0.15, 0.2) is 12.1 Å². The highest BCUT2D eigenvalue weighted by Crippen LogP contribution is 2.34. The molecule has 1 aliphatic heterocycles. The number of rotatable bonds is 3. The molecule has 3 nitrogen and oxygen atoms in total. The van der Waals surface area contributed by atoms with E-state index in [-0.39, 0.29) is 18.5 Å². The van der Waals surface area contributed by atoms with E-state index in [1.807, 2.05) is 13.0 Å². The number of halogens is 1. The van der Waals surface area contributed by atoms with E-state index in [9.17, 15) is 0 Å². The van der Waals surface area contributed by atoms with Crippen LogP contribution in [0.3, 0.4) is 0 Å². The molecule has 0 fully saturated rings. The third kappa shape index (κ3) is 2.42. The molecule has 1 aliphatic rings. The molecule has 1 atom stereocenters. The first-order chi connectivity index (χ1) is 7.24. The molecule has 16 heavy (non-hydrogen) atoms. The second-order valence-corrected chi connectivity index (χ2v) is 3.84. The summed E-state index contributed by atoms with van der Waals surface area (Å²) in [6, 6.07) is 4.06. The van der Waals surface area contributed by atoms with Crippen LogP contribution in [0.5, 0.6) is 11.5 Å². The maximum atomic E-state index is 5.67. The van der Waals surface area contributed by atoms with Crippen molar-refractivity contribution in [3.8, 4) is 11.5 Å². The summed E-state index contributed by atoms with van der Waals surface area (Å²) >= 11 is 0. The third-order valence-electron chi connectivity index (χ3n) is 2.60. The molecule has 2 N–H and O–H groups in total. The summed E-state index contributed by atoms with van der Waals surface area (Å²) in [6.07, 6.45) is 1.22. The molecule has 0 spiro atoms. The van der Waals surface area contributed by atoms with E-state index < -0.39 is 0 Å². The monoisotopic (exact) mass is 243 g/mol. The van der Waals surface area contributed by atoms with Crippen molar-refractivity contribution in [3.63, 3.8) is 0 Å². The molecule has 0 radical (unpaired) electrons. The molecule has 0 saturated heterocycles. The van der Waals surface area contributed by atoms with Crippen molar-refractivity contribution in [3.05, 3.63) is 23.3 Å². The van der Waals surface area contributed by atoms with E-state index in [0.29, 0.717) is 13.2 Å². The van der Waals surface area contributed by atoms with Crippen molar-refractivity contribution >= 4 is 12.4 Å². The van der Waals surface area contributed by atoms with Gasteiger partial charge in [0.05, 0.1) is 6.61 Å². The van der Waals surface area contributed by atoms with Crippen LogP contribution in [-0.4, -0.2) is 12.7 Å². The summed E-state index contributed by atoms with van der Waals surface area (Å²) < 4.78 is 11.2. The summed E-state index contributed by atoms with van der Waals surface area (Å²) in [5, 5.41) is 0. The minimum Gasteiger partial charge on any atom is -0.494 e. The van der Waals surface area contributed by atoms with E-state index in [2.05, 4.69) is 13.0 Å². The molecule has 0 bridgehead atoms. The first-order valence-electron chi connectivity index (χ1n) is 5.40. The van der Waals surface area contributed by atoms with Gasteiger partial charge in [-0.15, -0.1) is 12.4 Å². The molecule has 1 heterocycles. The van der Waals surface area contributed by atoms with E-state index >= 15 is 0 Å². The summed E-state index contributed by atoms with van der Waals surface area (Å²) in [5.41, 5.74) is 7.92. The standard InChI is InChI=1S/C12H17NO2.ClH/c1-3-14-11-5-9-4-8(2)15-12(9)6-10(11)7-13;/h5-6,8H,3-4,7,13H2,1-2H3;1H/t8-;/m0./s1. The van der Waals surface area contributed by atoms with Crippen molar-refractivity contribution < 1.29 is 9.47 Å². The normalized spacial score (nSPS) is 17.3. The predicted octanol–water partition coefficient (Wildman–Crippen LogP) is 2.29. The Hall–Kier alpha value is -0.930. The molecule has 0 saturated carbocycles. The van der Waals surface area contributed by atoms with Crippen LogP contribution >= 0.6 is 12.4 Å². The Morgan fingerprint density at radius 1 is 1.50 bits per heavy atom. The van der Waals surface area contributed by atoms with Crippen molar-refractivity contribution in [1.29, 1.82) is 0 Å². The molecule has 0 aromatic heterocycles. The second-order valence-electron chi connectivity index (χ2n) is 3.84. The van der Waals surface area contributed by atoms with Gasteiger partial charge in [-0.1, -0.05) is 0 Å². The molecular formula is C12H18ClNO2. The molecule has 4 heteroatoms. The highest BCUT2D eigenvalue weighted by atomic mass is 35.5. The predicted molar refractivity (Wildman–Crippen MR) is 66.5 cm³/mol. The Morgan fingerprint density at radius 2 is 2.25 bits per heavy atom. The van der Waals surface area contributed by atoms with Crippen molar-refractivity contribution in [2.24, 2.45) is 5.73 Å². The second kappa shape index (κ2) is 5.41. The van der Waals surface area contributed by atoms with Gasteiger partial charge in [0.25, 0.3) is 0 Å². The van der Waals surface area contributed by atoms with Gasteiger partial charge in [-0.25, -0.2) is 0 Å². The van der Waals surface area contributed by atoms with E-state index in [4.69, 9.17) is 15.2 Å². The molecule has 2 rings (SSSR count). The quantitative estimate of drug-likeness (QED) is 0.886. The zero-order chi connectivity index (χ0) is 10.8. The first kappa shape index (κ1) is 13.1. The van der Waals surface area contributed by atoms with Gasteiger partial charge in [0.1, 0.15) is 17.6 Å². The molecule has 90 valence electrons. The Balaban J connectivity index is 0.00000128. The third-order valence-corrected chi connectivity index (χ3v) is 2.60. The van der Waals surface area contributed by atoms with E-state index in [0.717, 1.165) is 23.5 Å². The average Bonchev–Trinajstić information content (AvgIpc) is 2.56. The van der Waals surface area contributed by atoms with Crippen molar-refractivity contribution in [1.82, 2.24) is 0 Å². The zero-order valence-electron chi connectivity index (χ0n) is 9.66. The Labute approximate surface area is 102 Å². The van der Waals surface area contributed by atoms with Crippen LogP contribution in [0.2, 0.25) is 0 Å². The van der Waals surface area contributed by atoms with Gasteiger partial charge in [-0.2, -0.15) is 0 Å². The van der Waals surface area contributed by atoms with Gasteiger partial charge >= 0.3 is 0 Å². The molecule has 0 aliphatic carbocycles. The van der Waals surface area contributed by atoms with Gasteiger partial charge in [-0.05, 0) is 26.0 Å². The Kier molecular flexibility index (Phi) is 4.44. The van der Waals surface area contributed by atoms with Crippen LogP contribution in [0.1, 0.15) is 25.0 Å². The van der Waals surface area contributed by atoms with Gasteiger partial charge < -0.3 is 15.2 Å². The van der Waals surface area contributed by atoms with Crippen molar-refractivity contribution in [2.75, 3.05) is 6.61 Å². The fraction of sp³-hybridized carbons (Fsp3) is 0.500. The minimum absolute atomic E-state index is 0. The molecule has 1 aromatic rings. The number of hydrogen-bond acceptors (Lipinski definition) is 3. The number of benzene rings is 1. The summed E-state index contributed by atoms with van der Waals surface area (Å²) in [4.78, 5) is 0. The van der Waals surface area contributed by atoms with E-state index in [1.54, 1.807) is 0 Å². The maximum Gasteiger partial charge on any atom is 0.124 e. The zero-order valence-corrected chi connectivity index (χ0v) is 10.5. The molecule has 1 aromatic carbocycles. The minimum atomic E-state index is 0. The summed E-state index contributed by atoms with van der Waals surface area (Å²) in [5.74, 6) is 1.86. The van der Waals surface area contributed by atoms with Crippen LogP contribution in [0, 0.1) is 0 Å². The lowest BCUT2D eigenvalue weighted by Crippen LogP contribution is -2.05. The first-order valence-corrected chi connectivity index (χ1v) is 5.40. The summed E-state index contributed by atoms with van der Waals surface area (Å²) in [6.45, 7) is 5.21. The smallest absolute Gasteiger partial charge is 0.124 e. The molecule has 0 amide bonds. The summed E-state index contributed by atoms with van der Waals surface area (Å²) in [7, 11) is 0. The van der Waals surface area contributed by atoms with Gasteiger partial charge in [-0.3, -0.25) is 0 Å². The van der Waals surface area contributed by atoms with E-state index in [1.165, 1.54) is 5.56 Å². The van der Waals surface area contributed by atoms with Gasteiger partial charge in [0, 0.05) is 24.1 Å². The van der Waals surface area contributed by atoms with Gasteiger partial charge in [0.2, 0.25) is 0 Å². The van der Waals surface area contributed by atoms with Crippen LogP contribution < -0.4 is 15.2 Å². The number of hydrogen-bond donors (Lipinski definition) is 1. The fourth-order valence-corrected chi connectivity index (χ4v) is 1.93. The largest absolute Gasteiger partial charge is 0.494 e. The lowest BCUT2D eigenvalue weighted by atomic mass is 10.1. The SMILES string of the molecule is CCOc1cc2c(cc1CN)O[C@@H](C)C2.Cl. The number of nitrogens with two attached hydrogens (primary N) is 1. The van der Waals surface area contributed by atoms with Crippen LogP contribution in [0.25, 0.3) is 0 Å². The topological polar surface area (TPSA) is 44.5 Å². The fourth-order valence-electron chi connectivity index (χ4n) is 1.93. The molecule has 0 unspecified atom stereocenters. The molecular weight excluding hydrogens is 226 g/mol. The number of fused-ring (bicyclic) bond motifs is 1. The number of ether oxygens (including phenoxy) is 2. The Morgan fingerprint density at radius 3 is 2.88 bits per heavy atom. The van der Waals surface area contributed by atoms with Crippen molar-refractivity contribution in [2.45, 2.75) is 32.9 Å². The lowest BCUT2D eigenvalue weighted by Gasteiger charge is -2.10. The maximum absolute atomic E-state index is 5.67. The van der Waals surface area contributed by atoms with Gasteiger partial charge in [0.15, 0.2) is 0 Å². The highest BCUT2D eigenvalue weighted by Gasteiger charge is 2.21. The average molecular weight is 244 g/mol. The highest BCUT2D eigenvalue weighted by molar-refractivity contribution is 5.85. The Bertz CT molecular complexity index is 368. The van der Waals surface area contributed by atoms with Crippen LogP contribution in [0.4, 0.5) is 0 Å².